The number of nitrogens with one attached hydrogen (secondary N) is 1. The zero-order chi connectivity index (χ0) is 18.5. The molecule has 0 bridgehead atoms. The molecular formula is C19H19ClFN3O2. The van der Waals surface area contributed by atoms with Crippen LogP contribution in [0.5, 0.6) is 0 Å². The van der Waals surface area contributed by atoms with Gasteiger partial charge < -0.3 is 10.2 Å². The number of amides is 2. The van der Waals surface area contributed by atoms with Gasteiger partial charge in [-0.05, 0) is 30.3 Å². The molecule has 7 heteroatoms. The highest BCUT2D eigenvalue weighted by atomic mass is 35.5. The number of piperazine rings is 1. The molecule has 5 nitrogen and oxygen atoms in total. The van der Waals surface area contributed by atoms with Crippen molar-refractivity contribution in [2.24, 2.45) is 0 Å². The second-order valence-electron chi connectivity index (χ2n) is 6.11. The fourth-order valence-electron chi connectivity index (χ4n) is 2.87. The van der Waals surface area contributed by atoms with Crippen molar-refractivity contribution in [1.82, 2.24) is 9.80 Å². The number of rotatable bonds is 4. The molecule has 1 aliphatic rings. The topological polar surface area (TPSA) is 52.7 Å². The van der Waals surface area contributed by atoms with Crippen LogP contribution in [0.1, 0.15) is 10.4 Å². The summed E-state index contributed by atoms with van der Waals surface area (Å²) in [6.07, 6.45) is 0. The Labute approximate surface area is 156 Å². The summed E-state index contributed by atoms with van der Waals surface area (Å²) in [6.45, 7) is 2.37. The summed E-state index contributed by atoms with van der Waals surface area (Å²) in [6, 6.07) is 12.9. The Kier molecular flexibility index (Phi) is 5.85. The summed E-state index contributed by atoms with van der Waals surface area (Å²) in [7, 11) is 0. The van der Waals surface area contributed by atoms with E-state index in [1.54, 1.807) is 41.3 Å². The summed E-state index contributed by atoms with van der Waals surface area (Å²) in [5.74, 6) is -0.800. The van der Waals surface area contributed by atoms with Crippen LogP contribution in [0.25, 0.3) is 0 Å². The van der Waals surface area contributed by atoms with Gasteiger partial charge in [0, 0.05) is 36.8 Å². The van der Waals surface area contributed by atoms with E-state index in [1.165, 1.54) is 12.1 Å². The van der Waals surface area contributed by atoms with Crippen molar-refractivity contribution in [2.45, 2.75) is 0 Å². The third-order valence-corrected chi connectivity index (χ3v) is 4.48. The van der Waals surface area contributed by atoms with E-state index in [1.807, 2.05) is 4.90 Å². The van der Waals surface area contributed by atoms with Crippen LogP contribution in [0.4, 0.5) is 10.1 Å². The second kappa shape index (κ2) is 8.29. The zero-order valence-electron chi connectivity index (χ0n) is 14.1. The van der Waals surface area contributed by atoms with Crippen molar-refractivity contribution in [3.8, 4) is 0 Å². The van der Waals surface area contributed by atoms with Gasteiger partial charge in [0.15, 0.2) is 0 Å². The van der Waals surface area contributed by atoms with Crippen molar-refractivity contribution in [2.75, 3.05) is 38.0 Å². The third-order valence-electron chi connectivity index (χ3n) is 4.25. The standard InChI is InChI=1S/C19H19ClFN3O2/c20-15-5-3-4-14(12-15)19(26)24-10-8-23(9-11-24)13-18(25)22-17-7-2-1-6-16(17)21/h1-7,12H,8-11,13H2,(H,22,25). The Morgan fingerprint density at radius 3 is 2.46 bits per heavy atom. The number of carbonyl (C=O) groups excluding carboxylic acids is 2. The van der Waals surface area contributed by atoms with E-state index >= 15 is 0 Å². The summed E-state index contributed by atoms with van der Waals surface area (Å²) in [5.41, 5.74) is 0.732. The van der Waals surface area contributed by atoms with E-state index in [0.717, 1.165) is 0 Å². The van der Waals surface area contributed by atoms with Crippen LogP contribution in [-0.4, -0.2) is 54.3 Å². The molecule has 1 N–H and O–H groups in total. The molecular weight excluding hydrogens is 357 g/mol. The highest BCUT2D eigenvalue weighted by molar-refractivity contribution is 6.30. The highest BCUT2D eigenvalue weighted by Gasteiger charge is 2.23. The minimum Gasteiger partial charge on any atom is -0.336 e. The van der Waals surface area contributed by atoms with Crippen LogP contribution < -0.4 is 5.32 Å². The molecule has 1 aliphatic heterocycles. The monoisotopic (exact) mass is 375 g/mol. The first-order valence-corrected chi connectivity index (χ1v) is 8.72. The van der Waals surface area contributed by atoms with Crippen molar-refractivity contribution in [3.63, 3.8) is 0 Å². The molecule has 0 spiro atoms. The number of benzene rings is 2. The lowest BCUT2D eigenvalue weighted by Crippen LogP contribution is -2.50. The first-order valence-electron chi connectivity index (χ1n) is 8.34. The largest absolute Gasteiger partial charge is 0.336 e. The molecule has 1 saturated heterocycles. The van der Waals surface area contributed by atoms with E-state index in [0.29, 0.717) is 36.8 Å². The van der Waals surface area contributed by atoms with Gasteiger partial charge in [0.2, 0.25) is 5.91 Å². The predicted molar refractivity (Wildman–Crippen MR) is 98.8 cm³/mol. The van der Waals surface area contributed by atoms with Crippen LogP contribution >= 0.6 is 11.6 Å². The van der Waals surface area contributed by atoms with E-state index in [4.69, 9.17) is 11.6 Å². The van der Waals surface area contributed by atoms with Crippen LogP contribution in [0.2, 0.25) is 5.02 Å². The molecule has 136 valence electrons. The van der Waals surface area contributed by atoms with Crippen LogP contribution in [0, 0.1) is 5.82 Å². The minimum absolute atomic E-state index is 0.0667. The summed E-state index contributed by atoms with van der Waals surface area (Å²) in [4.78, 5) is 28.3. The van der Waals surface area contributed by atoms with Gasteiger partial charge >= 0.3 is 0 Å². The number of para-hydroxylation sites is 1. The van der Waals surface area contributed by atoms with E-state index in [-0.39, 0.29) is 24.0 Å². The van der Waals surface area contributed by atoms with Crippen molar-refractivity contribution < 1.29 is 14.0 Å². The molecule has 0 aliphatic carbocycles. The lowest BCUT2D eigenvalue weighted by Gasteiger charge is -2.34. The van der Waals surface area contributed by atoms with E-state index in [2.05, 4.69) is 5.32 Å². The quantitative estimate of drug-likeness (QED) is 0.894. The van der Waals surface area contributed by atoms with Gasteiger partial charge in [-0.25, -0.2) is 4.39 Å². The van der Waals surface area contributed by atoms with Gasteiger partial charge in [0.1, 0.15) is 5.82 Å². The van der Waals surface area contributed by atoms with Gasteiger partial charge in [-0.1, -0.05) is 29.8 Å². The molecule has 2 amide bonds. The summed E-state index contributed by atoms with van der Waals surface area (Å²) in [5, 5.41) is 3.10. The fourth-order valence-corrected chi connectivity index (χ4v) is 3.06. The Hall–Kier alpha value is -2.44. The van der Waals surface area contributed by atoms with Crippen LogP contribution in [0.15, 0.2) is 48.5 Å². The molecule has 0 aromatic heterocycles. The first kappa shape index (κ1) is 18.4. The Morgan fingerprint density at radius 1 is 1.04 bits per heavy atom. The molecule has 0 atom stereocenters. The van der Waals surface area contributed by atoms with Crippen molar-refractivity contribution >= 4 is 29.1 Å². The normalized spacial score (nSPS) is 14.9. The zero-order valence-corrected chi connectivity index (χ0v) is 14.9. The lowest BCUT2D eigenvalue weighted by molar-refractivity contribution is -0.117. The van der Waals surface area contributed by atoms with Gasteiger partial charge in [-0.15, -0.1) is 0 Å². The maximum atomic E-state index is 13.6. The molecule has 26 heavy (non-hydrogen) atoms. The third kappa shape index (κ3) is 4.59. The molecule has 2 aromatic carbocycles. The van der Waals surface area contributed by atoms with Gasteiger partial charge in [0.25, 0.3) is 5.91 Å². The molecule has 0 saturated carbocycles. The number of carbonyl (C=O) groups is 2. The Morgan fingerprint density at radius 2 is 1.77 bits per heavy atom. The molecule has 2 aromatic rings. The fraction of sp³-hybridized carbons (Fsp3) is 0.263. The maximum Gasteiger partial charge on any atom is 0.253 e. The van der Waals surface area contributed by atoms with E-state index < -0.39 is 5.82 Å². The van der Waals surface area contributed by atoms with Crippen LogP contribution in [-0.2, 0) is 4.79 Å². The van der Waals surface area contributed by atoms with Crippen molar-refractivity contribution in [1.29, 1.82) is 0 Å². The number of nitrogens with zero attached hydrogens (tertiary/aromatic N) is 2. The smallest absolute Gasteiger partial charge is 0.253 e. The van der Waals surface area contributed by atoms with Gasteiger partial charge in [0.05, 0.1) is 12.2 Å². The Balaban J connectivity index is 1.50. The molecule has 3 rings (SSSR count). The molecule has 0 radical (unpaired) electrons. The Bertz CT molecular complexity index is 807. The SMILES string of the molecule is O=C(CN1CCN(C(=O)c2cccc(Cl)c2)CC1)Nc1ccccc1F. The number of hydrogen-bond acceptors (Lipinski definition) is 3. The molecule has 1 fully saturated rings. The predicted octanol–water partition coefficient (Wildman–Crippen LogP) is 2.88. The average molecular weight is 376 g/mol. The summed E-state index contributed by atoms with van der Waals surface area (Å²) < 4.78 is 13.6. The number of halogens is 2. The highest BCUT2D eigenvalue weighted by Crippen LogP contribution is 2.15. The molecule has 0 unspecified atom stereocenters. The lowest BCUT2D eigenvalue weighted by atomic mass is 10.2. The van der Waals surface area contributed by atoms with Gasteiger partial charge in [-0.3, -0.25) is 14.5 Å². The molecule has 1 heterocycles. The number of anilines is 1. The average Bonchev–Trinajstić information content (AvgIpc) is 2.64. The summed E-state index contributed by atoms with van der Waals surface area (Å²) >= 11 is 5.94. The van der Waals surface area contributed by atoms with E-state index in [9.17, 15) is 14.0 Å². The van der Waals surface area contributed by atoms with Crippen molar-refractivity contribution in [3.05, 3.63) is 64.9 Å². The second-order valence-corrected chi connectivity index (χ2v) is 6.54. The van der Waals surface area contributed by atoms with Crippen LogP contribution in [0.3, 0.4) is 0 Å². The number of hydrogen-bond donors (Lipinski definition) is 1. The van der Waals surface area contributed by atoms with Gasteiger partial charge in [-0.2, -0.15) is 0 Å². The minimum atomic E-state index is -0.460. The maximum absolute atomic E-state index is 13.6. The first-order chi connectivity index (χ1) is 12.5.